The summed E-state index contributed by atoms with van der Waals surface area (Å²) in [6.07, 6.45) is 6.77. The average molecular weight is 293 g/mol. The smallest absolute Gasteiger partial charge is 0.0723 e. The maximum atomic E-state index is 6.36. The highest BCUT2D eigenvalue weighted by atomic mass is 16.5. The summed E-state index contributed by atoms with van der Waals surface area (Å²) in [5.74, 6) is 1.03. The molecule has 0 aromatic carbocycles. The highest BCUT2D eigenvalue weighted by Crippen LogP contribution is 2.39. The van der Waals surface area contributed by atoms with Crippen LogP contribution in [-0.4, -0.2) is 85.8 Å². The van der Waals surface area contributed by atoms with Gasteiger partial charge in [-0.25, -0.2) is 0 Å². The maximum Gasteiger partial charge on any atom is 0.0723 e. The molecule has 3 heterocycles. The van der Waals surface area contributed by atoms with Crippen molar-refractivity contribution in [2.24, 2.45) is 5.92 Å². The van der Waals surface area contributed by atoms with E-state index in [2.05, 4.69) is 21.7 Å². The summed E-state index contributed by atoms with van der Waals surface area (Å²) in [7, 11) is 2.24. The molecule has 4 rings (SSSR count). The molecule has 120 valence electrons. The largest absolute Gasteiger partial charge is 0.373 e. The molecule has 4 aliphatic rings. The molecule has 0 radical (unpaired) electrons. The van der Waals surface area contributed by atoms with Crippen molar-refractivity contribution in [3.8, 4) is 0 Å². The summed E-state index contributed by atoms with van der Waals surface area (Å²) in [5.41, 5.74) is 0.230. The van der Waals surface area contributed by atoms with Crippen molar-refractivity contribution in [2.45, 2.75) is 43.7 Å². The van der Waals surface area contributed by atoms with Gasteiger partial charge in [-0.3, -0.25) is 4.90 Å². The fourth-order valence-corrected chi connectivity index (χ4v) is 4.40. The monoisotopic (exact) mass is 293 g/mol. The highest BCUT2D eigenvalue weighted by Gasteiger charge is 2.44. The van der Waals surface area contributed by atoms with E-state index in [0.717, 1.165) is 12.5 Å². The third kappa shape index (κ3) is 3.29. The van der Waals surface area contributed by atoms with E-state index >= 15 is 0 Å². The van der Waals surface area contributed by atoms with Gasteiger partial charge in [0.2, 0.25) is 0 Å². The molecule has 0 aromatic rings. The summed E-state index contributed by atoms with van der Waals surface area (Å²) < 4.78 is 6.36. The molecular weight excluding hydrogens is 262 g/mol. The van der Waals surface area contributed by atoms with E-state index in [-0.39, 0.29) is 5.60 Å². The van der Waals surface area contributed by atoms with Gasteiger partial charge in [0.1, 0.15) is 0 Å². The first-order valence-corrected chi connectivity index (χ1v) is 9.01. The van der Waals surface area contributed by atoms with Crippen LogP contribution in [0.3, 0.4) is 0 Å². The Balaban J connectivity index is 1.27. The molecule has 1 aliphatic carbocycles. The van der Waals surface area contributed by atoms with Crippen molar-refractivity contribution in [1.29, 1.82) is 0 Å². The quantitative estimate of drug-likeness (QED) is 0.780. The molecule has 0 bridgehead atoms. The van der Waals surface area contributed by atoms with Crippen LogP contribution in [0.1, 0.15) is 32.1 Å². The lowest BCUT2D eigenvalue weighted by molar-refractivity contribution is -0.0446. The third-order valence-electron chi connectivity index (χ3n) is 6.22. The molecule has 3 saturated heterocycles. The van der Waals surface area contributed by atoms with Crippen LogP contribution in [0.2, 0.25) is 0 Å². The average Bonchev–Trinajstić information content (AvgIpc) is 3.23. The van der Waals surface area contributed by atoms with Crippen LogP contribution in [0.15, 0.2) is 0 Å². The molecule has 1 atom stereocenters. The lowest BCUT2D eigenvalue weighted by Crippen LogP contribution is -2.50. The zero-order chi connectivity index (χ0) is 14.3. The summed E-state index contributed by atoms with van der Waals surface area (Å²) in [6, 6.07) is 0.689. The van der Waals surface area contributed by atoms with Gasteiger partial charge < -0.3 is 14.5 Å². The second kappa shape index (κ2) is 5.80. The van der Waals surface area contributed by atoms with Crippen molar-refractivity contribution in [3.63, 3.8) is 0 Å². The van der Waals surface area contributed by atoms with E-state index in [1.54, 1.807) is 0 Å². The van der Waals surface area contributed by atoms with Crippen molar-refractivity contribution in [2.75, 3.05) is 59.5 Å². The first-order valence-electron chi connectivity index (χ1n) is 9.01. The number of hydrogen-bond donors (Lipinski definition) is 0. The number of rotatable bonds is 3. The third-order valence-corrected chi connectivity index (χ3v) is 6.22. The molecule has 21 heavy (non-hydrogen) atoms. The Kier molecular flexibility index (Phi) is 3.99. The van der Waals surface area contributed by atoms with E-state index in [1.165, 1.54) is 77.9 Å². The first kappa shape index (κ1) is 14.4. The van der Waals surface area contributed by atoms with E-state index in [0.29, 0.717) is 6.04 Å². The van der Waals surface area contributed by atoms with Gasteiger partial charge in [-0.2, -0.15) is 0 Å². The van der Waals surface area contributed by atoms with Crippen LogP contribution in [0.5, 0.6) is 0 Å². The minimum Gasteiger partial charge on any atom is -0.373 e. The normalized spacial score (nSPS) is 35.6. The molecule has 4 fully saturated rings. The number of likely N-dealkylation sites (tertiary alicyclic amines) is 1. The van der Waals surface area contributed by atoms with Crippen molar-refractivity contribution in [3.05, 3.63) is 0 Å². The van der Waals surface area contributed by atoms with Crippen molar-refractivity contribution >= 4 is 0 Å². The van der Waals surface area contributed by atoms with Gasteiger partial charge in [0.15, 0.2) is 0 Å². The van der Waals surface area contributed by atoms with Crippen LogP contribution < -0.4 is 0 Å². The van der Waals surface area contributed by atoms with Gasteiger partial charge in [-0.1, -0.05) is 0 Å². The molecule has 0 amide bonds. The van der Waals surface area contributed by atoms with Crippen LogP contribution in [0, 0.1) is 5.92 Å². The molecular formula is C17H31N3O. The minimum atomic E-state index is 0.230. The fraction of sp³-hybridized carbons (Fsp3) is 1.00. The van der Waals surface area contributed by atoms with E-state index in [9.17, 15) is 0 Å². The summed E-state index contributed by atoms with van der Waals surface area (Å²) in [4.78, 5) is 7.82. The molecule has 1 saturated carbocycles. The van der Waals surface area contributed by atoms with E-state index in [1.807, 2.05) is 0 Å². The SMILES string of the molecule is CN1CCN(C2COC3(CCN(CC4CC4)CC3)C2)CC1. The van der Waals surface area contributed by atoms with Gasteiger partial charge in [0.05, 0.1) is 12.2 Å². The molecule has 0 aromatic heterocycles. The number of ether oxygens (including phenoxy) is 1. The van der Waals surface area contributed by atoms with E-state index in [4.69, 9.17) is 4.74 Å². The number of hydrogen-bond acceptors (Lipinski definition) is 4. The fourth-order valence-electron chi connectivity index (χ4n) is 4.40. The number of piperazine rings is 1. The zero-order valence-corrected chi connectivity index (χ0v) is 13.6. The Labute approximate surface area is 129 Å². The van der Waals surface area contributed by atoms with Gasteiger partial charge in [-0.15, -0.1) is 0 Å². The Morgan fingerprint density at radius 1 is 1.00 bits per heavy atom. The Bertz CT molecular complexity index is 355. The molecule has 3 aliphatic heterocycles. The number of likely N-dealkylation sites (N-methyl/N-ethyl adjacent to an activating group) is 1. The Hall–Kier alpha value is -0.160. The van der Waals surface area contributed by atoms with Gasteiger partial charge in [0, 0.05) is 51.9 Å². The van der Waals surface area contributed by atoms with Crippen LogP contribution in [0.4, 0.5) is 0 Å². The number of nitrogens with zero attached hydrogens (tertiary/aromatic N) is 3. The summed E-state index contributed by atoms with van der Waals surface area (Å²) in [5, 5.41) is 0. The predicted molar refractivity (Wildman–Crippen MR) is 84.6 cm³/mol. The van der Waals surface area contributed by atoms with Crippen LogP contribution in [-0.2, 0) is 4.74 Å². The minimum absolute atomic E-state index is 0.230. The number of piperidine rings is 1. The van der Waals surface area contributed by atoms with Gasteiger partial charge >= 0.3 is 0 Å². The van der Waals surface area contributed by atoms with Crippen LogP contribution in [0.25, 0.3) is 0 Å². The molecule has 0 N–H and O–H groups in total. The first-order chi connectivity index (χ1) is 10.2. The molecule has 4 nitrogen and oxygen atoms in total. The van der Waals surface area contributed by atoms with Crippen LogP contribution >= 0.6 is 0 Å². The highest BCUT2D eigenvalue weighted by molar-refractivity contribution is 4.98. The lowest BCUT2D eigenvalue weighted by atomic mass is 9.87. The van der Waals surface area contributed by atoms with Gasteiger partial charge in [0.25, 0.3) is 0 Å². The summed E-state index contributed by atoms with van der Waals surface area (Å²) in [6.45, 7) is 9.78. The molecule has 1 unspecified atom stereocenters. The lowest BCUT2D eigenvalue weighted by Gasteiger charge is -2.40. The maximum absolute atomic E-state index is 6.36. The Morgan fingerprint density at radius 2 is 1.71 bits per heavy atom. The second-order valence-corrected chi connectivity index (χ2v) is 7.94. The summed E-state index contributed by atoms with van der Waals surface area (Å²) >= 11 is 0. The van der Waals surface area contributed by atoms with Crippen molar-refractivity contribution < 1.29 is 4.74 Å². The molecule has 1 spiro atoms. The topological polar surface area (TPSA) is 19.0 Å². The molecule has 4 heteroatoms. The zero-order valence-electron chi connectivity index (χ0n) is 13.6. The van der Waals surface area contributed by atoms with E-state index < -0.39 is 0 Å². The van der Waals surface area contributed by atoms with Crippen molar-refractivity contribution in [1.82, 2.24) is 14.7 Å². The predicted octanol–water partition coefficient (Wildman–Crippen LogP) is 1.27. The van der Waals surface area contributed by atoms with Gasteiger partial charge in [-0.05, 0) is 45.1 Å². The standard InChI is InChI=1S/C17H31N3O/c1-18-8-10-20(11-9-18)16-12-17(21-14-16)4-6-19(7-5-17)13-15-2-3-15/h15-16H,2-14H2,1H3. The Morgan fingerprint density at radius 3 is 2.38 bits per heavy atom. The second-order valence-electron chi connectivity index (χ2n) is 7.94.